The first-order valence-electron chi connectivity index (χ1n) is 7.97. The highest BCUT2D eigenvalue weighted by molar-refractivity contribution is 5.44. The second kappa shape index (κ2) is 8.64. The zero-order chi connectivity index (χ0) is 15.8. The molecule has 0 aliphatic rings. The first kappa shape index (κ1) is 17.5. The molecular formula is C15H30N6. The van der Waals surface area contributed by atoms with E-state index in [-0.39, 0.29) is 0 Å². The fourth-order valence-electron chi connectivity index (χ4n) is 1.96. The van der Waals surface area contributed by atoms with E-state index in [1.165, 1.54) is 0 Å². The van der Waals surface area contributed by atoms with Crippen LogP contribution in [0.1, 0.15) is 41.0 Å². The van der Waals surface area contributed by atoms with Gasteiger partial charge in [0, 0.05) is 33.2 Å². The molecule has 0 radical (unpaired) electrons. The molecule has 1 aromatic heterocycles. The van der Waals surface area contributed by atoms with Gasteiger partial charge in [-0.3, -0.25) is 0 Å². The molecule has 0 spiro atoms. The third kappa shape index (κ3) is 5.36. The average Bonchev–Trinajstić information content (AvgIpc) is 2.46. The normalized spacial score (nSPS) is 10.8. The van der Waals surface area contributed by atoms with Crippen molar-refractivity contribution < 1.29 is 0 Å². The zero-order valence-electron chi connectivity index (χ0n) is 14.3. The van der Waals surface area contributed by atoms with E-state index >= 15 is 0 Å². The fourth-order valence-corrected chi connectivity index (χ4v) is 1.96. The summed E-state index contributed by atoms with van der Waals surface area (Å²) < 4.78 is 0. The van der Waals surface area contributed by atoms with Crippen molar-refractivity contribution in [2.75, 3.05) is 48.3 Å². The summed E-state index contributed by atoms with van der Waals surface area (Å²) >= 11 is 0. The van der Waals surface area contributed by atoms with Gasteiger partial charge in [-0.15, -0.1) is 0 Å². The molecule has 0 aromatic carbocycles. The van der Waals surface area contributed by atoms with Crippen molar-refractivity contribution >= 4 is 17.8 Å². The summed E-state index contributed by atoms with van der Waals surface area (Å²) in [4.78, 5) is 17.9. The maximum atomic E-state index is 4.63. The minimum Gasteiger partial charge on any atom is -0.354 e. The minimum absolute atomic E-state index is 0.654. The lowest BCUT2D eigenvalue weighted by Gasteiger charge is -2.23. The summed E-state index contributed by atoms with van der Waals surface area (Å²) in [5, 5.41) is 3.20. The summed E-state index contributed by atoms with van der Waals surface area (Å²) in [6, 6.07) is 0. The number of hydrogen-bond acceptors (Lipinski definition) is 6. The van der Waals surface area contributed by atoms with Gasteiger partial charge in [0.05, 0.1) is 0 Å². The van der Waals surface area contributed by atoms with E-state index in [2.05, 4.69) is 57.8 Å². The summed E-state index contributed by atoms with van der Waals surface area (Å²) in [7, 11) is 2.04. The molecule has 6 nitrogen and oxygen atoms in total. The molecule has 1 rings (SSSR count). The number of aromatic nitrogens is 3. The van der Waals surface area contributed by atoms with Crippen LogP contribution in [0.3, 0.4) is 0 Å². The zero-order valence-corrected chi connectivity index (χ0v) is 14.3. The molecule has 0 bridgehead atoms. The second-order valence-corrected chi connectivity index (χ2v) is 5.57. The van der Waals surface area contributed by atoms with E-state index in [1.807, 2.05) is 14.0 Å². The fraction of sp³-hybridized carbons (Fsp3) is 0.800. The van der Waals surface area contributed by atoms with Crippen LogP contribution >= 0.6 is 0 Å². The molecule has 0 aliphatic heterocycles. The third-order valence-corrected chi connectivity index (χ3v) is 3.38. The Hall–Kier alpha value is -1.59. The van der Waals surface area contributed by atoms with Crippen molar-refractivity contribution in [1.29, 1.82) is 0 Å². The van der Waals surface area contributed by atoms with Gasteiger partial charge in [-0.05, 0) is 33.1 Å². The second-order valence-electron chi connectivity index (χ2n) is 5.57. The monoisotopic (exact) mass is 294 g/mol. The maximum Gasteiger partial charge on any atom is 0.231 e. The Labute approximate surface area is 129 Å². The van der Waals surface area contributed by atoms with Gasteiger partial charge in [0.1, 0.15) is 0 Å². The van der Waals surface area contributed by atoms with E-state index in [4.69, 9.17) is 0 Å². The molecule has 0 aliphatic carbocycles. The molecule has 0 fully saturated rings. The number of nitrogens with zero attached hydrogens (tertiary/aromatic N) is 5. The van der Waals surface area contributed by atoms with E-state index in [1.54, 1.807) is 0 Å². The van der Waals surface area contributed by atoms with Crippen molar-refractivity contribution in [3.05, 3.63) is 0 Å². The van der Waals surface area contributed by atoms with Crippen molar-refractivity contribution in [2.24, 2.45) is 5.92 Å². The van der Waals surface area contributed by atoms with Gasteiger partial charge < -0.3 is 15.1 Å². The van der Waals surface area contributed by atoms with Gasteiger partial charge in [-0.2, -0.15) is 15.0 Å². The Morgan fingerprint density at radius 3 is 2.14 bits per heavy atom. The Bertz CT molecular complexity index is 417. The van der Waals surface area contributed by atoms with Gasteiger partial charge >= 0.3 is 0 Å². The molecule has 0 atom stereocenters. The summed E-state index contributed by atoms with van der Waals surface area (Å²) in [6.45, 7) is 14.3. The van der Waals surface area contributed by atoms with Crippen molar-refractivity contribution in [2.45, 2.75) is 41.0 Å². The van der Waals surface area contributed by atoms with Gasteiger partial charge in [-0.1, -0.05) is 13.8 Å². The lowest BCUT2D eigenvalue weighted by molar-refractivity contribution is 0.581. The van der Waals surface area contributed by atoms with Crippen LogP contribution < -0.4 is 15.1 Å². The van der Waals surface area contributed by atoms with Crippen molar-refractivity contribution in [3.63, 3.8) is 0 Å². The predicted octanol–water partition coefficient (Wildman–Crippen LogP) is 2.63. The molecule has 120 valence electrons. The first-order chi connectivity index (χ1) is 10.0. The number of rotatable bonds is 9. The quantitative estimate of drug-likeness (QED) is 0.755. The van der Waals surface area contributed by atoms with Crippen LogP contribution in [-0.4, -0.2) is 48.2 Å². The summed E-state index contributed by atoms with van der Waals surface area (Å²) in [6.07, 6.45) is 1.12. The van der Waals surface area contributed by atoms with E-state index in [9.17, 15) is 0 Å². The lowest BCUT2D eigenvalue weighted by atomic mass is 10.1. The van der Waals surface area contributed by atoms with Gasteiger partial charge in [0.2, 0.25) is 17.8 Å². The van der Waals surface area contributed by atoms with Crippen molar-refractivity contribution in [1.82, 2.24) is 15.0 Å². The first-order valence-corrected chi connectivity index (χ1v) is 7.97. The van der Waals surface area contributed by atoms with Crippen LogP contribution in [0.2, 0.25) is 0 Å². The highest BCUT2D eigenvalue weighted by Crippen LogP contribution is 2.16. The molecule has 0 unspecified atom stereocenters. The molecule has 1 N–H and O–H groups in total. The van der Waals surface area contributed by atoms with E-state index < -0.39 is 0 Å². The Kier molecular flexibility index (Phi) is 7.19. The molecule has 1 aromatic rings. The number of hydrogen-bond donors (Lipinski definition) is 1. The summed E-state index contributed by atoms with van der Waals surface area (Å²) in [5.41, 5.74) is 0. The highest BCUT2D eigenvalue weighted by Gasteiger charge is 2.13. The molecule has 0 saturated heterocycles. The standard InChI is InChI=1S/C15H30N6/c1-7-16-13-17-14(20(6)11-10-12(4)5)19-15(18-13)21(8-2)9-3/h12H,7-11H2,1-6H3,(H,16,17,18,19). The maximum absolute atomic E-state index is 4.63. The van der Waals surface area contributed by atoms with E-state index in [0.29, 0.717) is 11.9 Å². The van der Waals surface area contributed by atoms with Crippen molar-refractivity contribution in [3.8, 4) is 0 Å². The topological polar surface area (TPSA) is 57.2 Å². The lowest BCUT2D eigenvalue weighted by Crippen LogP contribution is -2.28. The molecule has 0 saturated carbocycles. The molecular weight excluding hydrogens is 264 g/mol. The Balaban J connectivity index is 3.00. The average molecular weight is 294 g/mol. The third-order valence-electron chi connectivity index (χ3n) is 3.38. The largest absolute Gasteiger partial charge is 0.354 e. The van der Waals surface area contributed by atoms with Crippen LogP contribution in [0.5, 0.6) is 0 Å². The molecule has 0 amide bonds. The summed E-state index contributed by atoms with van der Waals surface area (Å²) in [5.74, 6) is 2.81. The smallest absolute Gasteiger partial charge is 0.231 e. The molecule has 1 heterocycles. The number of nitrogens with one attached hydrogen (secondary N) is 1. The van der Waals surface area contributed by atoms with Crippen LogP contribution in [0, 0.1) is 5.92 Å². The molecule has 6 heteroatoms. The minimum atomic E-state index is 0.654. The number of anilines is 3. The van der Waals surface area contributed by atoms with Crippen LogP contribution in [0.15, 0.2) is 0 Å². The SMILES string of the molecule is CCNc1nc(N(C)CCC(C)C)nc(N(CC)CC)n1. The van der Waals surface area contributed by atoms with E-state index in [0.717, 1.165) is 44.5 Å². The molecule has 21 heavy (non-hydrogen) atoms. The van der Waals surface area contributed by atoms with Crippen LogP contribution in [0.4, 0.5) is 17.8 Å². The van der Waals surface area contributed by atoms with Gasteiger partial charge in [0.25, 0.3) is 0 Å². The highest BCUT2D eigenvalue weighted by atomic mass is 15.4. The predicted molar refractivity (Wildman–Crippen MR) is 90.3 cm³/mol. The van der Waals surface area contributed by atoms with Gasteiger partial charge in [-0.25, -0.2) is 0 Å². The van der Waals surface area contributed by atoms with Gasteiger partial charge in [0.15, 0.2) is 0 Å². The Morgan fingerprint density at radius 1 is 1.00 bits per heavy atom. The van der Waals surface area contributed by atoms with Crippen LogP contribution in [0.25, 0.3) is 0 Å². The van der Waals surface area contributed by atoms with Crippen LogP contribution in [-0.2, 0) is 0 Å². The Morgan fingerprint density at radius 2 is 1.62 bits per heavy atom.